The predicted molar refractivity (Wildman–Crippen MR) is 56.7 cm³/mol. The van der Waals surface area contributed by atoms with Gasteiger partial charge in [0.05, 0.1) is 18.8 Å². The summed E-state index contributed by atoms with van der Waals surface area (Å²) in [7, 11) is 0. The van der Waals surface area contributed by atoms with Crippen molar-refractivity contribution in [3.05, 3.63) is 18.2 Å². The van der Waals surface area contributed by atoms with Gasteiger partial charge >= 0.3 is 5.97 Å². The summed E-state index contributed by atoms with van der Waals surface area (Å²) in [6.45, 7) is 4.10. The van der Waals surface area contributed by atoms with Crippen LogP contribution in [0.5, 0.6) is 0 Å². The maximum Gasteiger partial charge on any atom is 0.305 e. The fourth-order valence-electron chi connectivity index (χ4n) is 1.26. The lowest BCUT2D eigenvalue weighted by Gasteiger charge is -2.25. The number of nitrogens with zero attached hydrogens (tertiary/aromatic N) is 3. The summed E-state index contributed by atoms with van der Waals surface area (Å²) in [5, 5.41) is 8.61. The Morgan fingerprint density at radius 3 is 2.50 bits per heavy atom. The van der Waals surface area contributed by atoms with Crippen molar-refractivity contribution in [1.82, 2.24) is 9.97 Å². The topological polar surface area (TPSA) is 66.3 Å². The van der Waals surface area contributed by atoms with Crippen LogP contribution in [0.4, 0.5) is 10.3 Å². The molecule has 1 N–H and O–H groups in total. The van der Waals surface area contributed by atoms with Crippen LogP contribution in [0.15, 0.2) is 12.4 Å². The lowest BCUT2D eigenvalue weighted by atomic mass is 10.3. The molecule has 0 radical (unpaired) electrons. The molecule has 0 saturated carbocycles. The average Bonchev–Trinajstić information content (AvgIpc) is 2.20. The van der Waals surface area contributed by atoms with Gasteiger partial charge in [-0.25, -0.2) is 14.4 Å². The van der Waals surface area contributed by atoms with Gasteiger partial charge in [0.25, 0.3) is 0 Å². The lowest BCUT2D eigenvalue weighted by Crippen LogP contribution is -2.34. The number of aromatic nitrogens is 2. The summed E-state index contributed by atoms with van der Waals surface area (Å²) in [6, 6.07) is 0.0600. The molecule has 0 fully saturated rings. The van der Waals surface area contributed by atoms with Crippen molar-refractivity contribution >= 4 is 11.9 Å². The van der Waals surface area contributed by atoms with E-state index in [2.05, 4.69) is 9.97 Å². The largest absolute Gasteiger partial charge is 0.481 e. The van der Waals surface area contributed by atoms with Crippen LogP contribution in [0.1, 0.15) is 20.3 Å². The van der Waals surface area contributed by atoms with E-state index >= 15 is 0 Å². The molecule has 0 bridgehead atoms. The zero-order valence-corrected chi connectivity index (χ0v) is 9.22. The van der Waals surface area contributed by atoms with Crippen LogP contribution in [-0.2, 0) is 4.79 Å². The molecular formula is C10H14FN3O2. The molecule has 1 heterocycles. The molecule has 16 heavy (non-hydrogen) atoms. The van der Waals surface area contributed by atoms with Crippen LogP contribution < -0.4 is 4.90 Å². The van der Waals surface area contributed by atoms with E-state index in [0.717, 1.165) is 12.4 Å². The van der Waals surface area contributed by atoms with Crippen LogP contribution in [0.25, 0.3) is 0 Å². The van der Waals surface area contributed by atoms with E-state index in [4.69, 9.17) is 5.11 Å². The summed E-state index contributed by atoms with van der Waals surface area (Å²) >= 11 is 0. The average molecular weight is 227 g/mol. The lowest BCUT2D eigenvalue weighted by molar-refractivity contribution is -0.136. The zero-order chi connectivity index (χ0) is 12.1. The Kier molecular flexibility index (Phi) is 4.16. The summed E-state index contributed by atoms with van der Waals surface area (Å²) < 4.78 is 12.6. The van der Waals surface area contributed by atoms with E-state index in [1.807, 2.05) is 13.8 Å². The molecule has 0 aliphatic carbocycles. The Bertz CT molecular complexity index is 354. The van der Waals surface area contributed by atoms with Crippen molar-refractivity contribution in [2.45, 2.75) is 26.3 Å². The summed E-state index contributed by atoms with van der Waals surface area (Å²) in [5.74, 6) is -1.05. The van der Waals surface area contributed by atoms with Crippen molar-refractivity contribution < 1.29 is 14.3 Å². The first-order valence-electron chi connectivity index (χ1n) is 4.96. The fourth-order valence-corrected chi connectivity index (χ4v) is 1.26. The second-order valence-electron chi connectivity index (χ2n) is 3.63. The van der Waals surface area contributed by atoms with Crippen molar-refractivity contribution in [1.29, 1.82) is 0 Å². The highest BCUT2D eigenvalue weighted by atomic mass is 19.1. The highest BCUT2D eigenvalue weighted by Gasteiger charge is 2.14. The van der Waals surface area contributed by atoms with Gasteiger partial charge in [0.15, 0.2) is 5.82 Å². The minimum atomic E-state index is -0.882. The monoisotopic (exact) mass is 227 g/mol. The van der Waals surface area contributed by atoms with Gasteiger partial charge in [0, 0.05) is 12.6 Å². The van der Waals surface area contributed by atoms with E-state index in [9.17, 15) is 9.18 Å². The van der Waals surface area contributed by atoms with Gasteiger partial charge in [0.2, 0.25) is 5.95 Å². The van der Waals surface area contributed by atoms with Gasteiger partial charge in [-0.15, -0.1) is 0 Å². The van der Waals surface area contributed by atoms with E-state index in [-0.39, 0.29) is 12.5 Å². The number of hydrogen-bond donors (Lipinski definition) is 1. The molecule has 0 aromatic carbocycles. The van der Waals surface area contributed by atoms with E-state index < -0.39 is 11.8 Å². The molecule has 0 spiro atoms. The molecule has 88 valence electrons. The second kappa shape index (κ2) is 5.39. The van der Waals surface area contributed by atoms with Crippen molar-refractivity contribution in [2.75, 3.05) is 11.4 Å². The molecule has 1 rings (SSSR count). The predicted octanol–water partition coefficient (Wildman–Crippen LogP) is 1.31. The number of halogens is 1. The third-order valence-corrected chi connectivity index (χ3v) is 2.05. The molecule has 0 unspecified atom stereocenters. The minimum Gasteiger partial charge on any atom is -0.481 e. The minimum absolute atomic E-state index is 0.00107. The molecular weight excluding hydrogens is 213 g/mol. The number of carbonyl (C=O) groups is 1. The Morgan fingerprint density at radius 2 is 2.06 bits per heavy atom. The van der Waals surface area contributed by atoms with Crippen molar-refractivity contribution in [3.8, 4) is 0 Å². The van der Waals surface area contributed by atoms with Gasteiger partial charge in [-0.2, -0.15) is 0 Å². The number of carboxylic acid groups (broad SMARTS) is 1. The standard InChI is InChI=1S/C10H14FN3O2/c1-7(2)14(4-3-9(15)16)10-12-5-8(11)6-13-10/h5-7H,3-4H2,1-2H3,(H,15,16). The number of rotatable bonds is 5. The third kappa shape index (κ3) is 3.45. The summed E-state index contributed by atoms with van der Waals surface area (Å²) in [5.41, 5.74) is 0. The molecule has 0 atom stereocenters. The Morgan fingerprint density at radius 1 is 1.50 bits per heavy atom. The molecule has 0 aliphatic rings. The number of hydrogen-bond acceptors (Lipinski definition) is 4. The van der Waals surface area contributed by atoms with Crippen LogP contribution in [-0.4, -0.2) is 33.6 Å². The maximum atomic E-state index is 12.6. The van der Waals surface area contributed by atoms with Gasteiger partial charge < -0.3 is 10.0 Å². The molecule has 0 aliphatic heterocycles. The van der Waals surface area contributed by atoms with Crippen LogP contribution >= 0.6 is 0 Å². The SMILES string of the molecule is CC(C)N(CCC(=O)O)c1ncc(F)cn1. The highest BCUT2D eigenvalue weighted by Crippen LogP contribution is 2.11. The Labute approximate surface area is 92.9 Å². The quantitative estimate of drug-likeness (QED) is 0.821. The van der Waals surface area contributed by atoms with Crippen LogP contribution in [0.2, 0.25) is 0 Å². The zero-order valence-electron chi connectivity index (χ0n) is 9.22. The Balaban J connectivity index is 2.77. The van der Waals surface area contributed by atoms with Gasteiger partial charge in [-0.05, 0) is 13.8 Å². The first kappa shape index (κ1) is 12.4. The van der Waals surface area contributed by atoms with Gasteiger partial charge in [0.1, 0.15) is 0 Å². The van der Waals surface area contributed by atoms with E-state index in [1.54, 1.807) is 4.90 Å². The number of carboxylic acids is 1. The van der Waals surface area contributed by atoms with Crippen molar-refractivity contribution in [3.63, 3.8) is 0 Å². The highest BCUT2D eigenvalue weighted by molar-refractivity contribution is 5.67. The third-order valence-electron chi connectivity index (χ3n) is 2.05. The molecule has 5 nitrogen and oxygen atoms in total. The number of aliphatic carboxylic acids is 1. The molecule has 0 saturated heterocycles. The molecule has 6 heteroatoms. The van der Waals surface area contributed by atoms with Crippen molar-refractivity contribution in [2.24, 2.45) is 0 Å². The first-order chi connectivity index (χ1) is 7.50. The van der Waals surface area contributed by atoms with E-state index in [1.165, 1.54) is 0 Å². The Hall–Kier alpha value is -1.72. The van der Waals surface area contributed by atoms with Crippen LogP contribution in [0, 0.1) is 5.82 Å². The first-order valence-corrected chi connectivity index (χ1v) is 4.96. The normalized spacial score (nSPS) is 10.5. The van der Waals surface area contributed by atoms with Gasteiger partial charge in [-0.1, -0.05) is 0 Å². The molecule has 1 aromatic rings. The smallest absolute Gasteiger partial charge is 0.305 e. The van der Waals surface area contributed by atoms with Gasteiger partial charge in [-0.3, -0.25) is 4.79 Å². The summed E-state index contributed by atoms with van der Waals surface area (Å²) in [4.78, 5) is 19.8. The number of anilines is 1. The van der Waals surface area contributed by atoms with E-state index in [0.29, 0.717) is 12.5 Å². The maximum absolute atomic E-state index is 12.6. The fraction of sp³-hybridized carbons (Fsp3) is 0.500. The molecule has 0 amide bonds. The second-order valence-corrected chi connectivity index (χ2v) is 3.63. The van der Waals surface area contributed by atoms with Crippen LogP contribution in [0.3, 0.4) is 0 Å². The molecule has 1 aromatic heterocycles. The summed E-state index contributed by atoms with van der Waals surface area (Å²) in [6.07, 6.45) is 2.13.